The number of aliphatic hydroxyl groups is 1. The van der Waals surface area contributed by atoms with Crippen molar-refractivity contribution in [2.75, 3.05) is 19.6 Å². The average molecular weight is 270 g/mol. The quantitative estimate of drug-likeness (QED) is 0.894. The van der Waals surface area contributed by atoms with Gasteiger partial charge in [-0.1, -0.05) is 24.3 Å². The number of hydrogen-bond acceptors (Lipinski definition) is 3. The van der Waals surface area contributed by atoms with E-state index in [1.54, 1.807) is 0 Å². The van der Waals surface area contributed by atoms with E-state index in [1.165, 1.54) is 22.4 Å². The van der Waals surface area contributed by atoms with E-state index in [4.69, 9.17) is 0 Å². The highest BCUT2D eigenvalue weighted by Gasteiger charge is 2.22. The molecule has 1 aromatic rings. The van der Waals surface area contributed by atoms with E-state index in [0.717, 1.165) is 26.2 Å². The normalized spacial score (nSPS) is 19.4. The first-order valence-corrected chi connectivity index (χ1v) is 7.26. The second kappa shape index (κ2) is 5.33. The van der Waals surface area contributed by atoms with E-state index < -0.39 is 0 Å². The zero-order chi connectivity index (χ0) is 14.1. The van der Waals surface area contributed by atoms with Crippen molar-refractivity contribution < 1.29 is 5.11 Å². The lowest BCUT2D eigenvalue weighted by Crippen LogP contribution is -2.43. The Morgan fingerprint density at radius 1 is 1.15 bits per heavy atom. The SMILES string of the molecule is Cc1cccc(C)c1CN1CCN2C=C(O)CC=C2C1. The highest BCUT2D eigenvalue weighted by atomic mass is 16.3. The van der Waals surface area contributed by atoms with Gasteiger partial charge in [-0.15, -0.1) is 0 Å². The maximum absolute atomic E-state index is 9.58. The van der Waals surface area contributed by atoms with Gasteiger partial charge in [0, 0.05) is 44.5 Å². The number of benzene rings is 1. The fourth-order valence-electron chi connectivity index (χ4n) is 3.03. The lowest BCUT2D eigenvalue weighted by molar-refractivity contribution is 0.192. The predicted molar refractivity (Wildman–Crippen MR) is 81.3 cm³/mol. The number of rotatable bonds is 2. The van der Waals surface area contributed by atoms with Crippen molar-refractivity contribution in [1.29, 1.82) is 0 Å². The third kappa shape index (κ3) is 2.59. The van der Waals surface area contributed by atoms with Crippen LogP contribution in [0.1, 0.15) is 23.1 Å². The van der Waals surface area contributed by atoms with Crippen LogP contribution in [0.3, 0.4) is 0 Å². The van der Waals surface area contributed by atoms with Crippen molar-refractivity contribution in [3.8, 4) is 0 Å². The molecule has 0 aromatic heterocycles. The van der Waals surface area contributed by atoms with Crippen LogP contribution in [-0.2, 0) is 6.54 Å². The van der Waals surface area contributed by atoms with Crippen LogP contribution in [0.5, 0.6) is 0 Å². The van der Waals surface area contributed by atoms with Crippen LogP contribution in [0.25, 0.3) is 0 Å². The molecule has 0 radical (unpaired) electrons. The van der Waals surface area contributed by atoms with Crippen LogP contribution in [0.2, 0.25) is 0 Å². The molecule has 3 nitrogen and oxygen atoms in total. The van der Waals surface area contributed by atoms with Crippen LogP contribution in [0, 0.1) is 13.8 Å². The highest BCUT2D eigenvalue weighted by Crippen LogP contribution is 2.23. The summed E-state index contributed by atoms with van der Waals surface area (Å²) in [5, 5.41) is 9.58. The second-order valence-electron chi connectivity index (χ2n) is 5.79. The molecule has 20 heavy (non-hydrogen) atoms. The summed E-state index contributed by atoms with van der Waals surface area (Å²) in [6, 6.07) is 6.52. The van der Waals surface area contributed by atoms with Gasteiger partial charge in [0.2, 0.25) is 0 Å². The van der Waals surface area contributed by atoms with Crippen molar-refractivity contribution in [3.05, 3.63) is 58.6 Å². The van der Waals surface area contributed by atoms with Crippen LogP contribution in [0.4, 0.5) is 0 Å². The summed E-state index contributed by atoms with van der Waals surface area (Å²) in [6.07, 6.45) is 4.70. The summed E-state index contributed by atoms with van der Waals surface area (Å²) in [6.45, 7) is 8.37. The van der Waals surface area contributed by atoms with Gasteiger partial charge in [-0.2, -0.15) is 0 Å². The van der Waals surface area contributed by atoms with E-state index in [-0.39, 0.29) is 0 Å². The largest absolute Gasteiger partial charge is 0.510 e. The summed E-state index contributed by atoms with van der Waals surface area (Å²) in [7, 11) is 0. The van der Waals surface area contributed by atoms with Crippen molar-refractivity contribution in [2.24, 2.45) is 0 Å². The Morgan fingerprint density at radius 3 is 2.65 bits per heavy atom. The molecule has 1 fully saturated rings. The Kier molecular flexibility index (Phi) is 3.53. The number of allylic oxidation sites excluding steroid dienone is 1. The third-order valence-corrected chi connectivity index (χ3v) is 4.29. The molecule has 3 rings (SSSR count). The minimum atomic E-state index is 0.469. The van der Waals surface area contributed by atoms with Crippen LogP contribution in [-0.4, -0.2) is 34.5 Å². The fraction of sp³-hybridized carbons (Fsp3) is 0.412. The van der Waals surface area contributed by atoms with Crippen molar-refractivity contribution in [3.63, 3.8) is 0 Å². The lowest BCUT2D eigenvalue weighted by Gasteiger charge is -2.38. The van der Waals surface area contributed by atoms with Crippen LogP contribution >= 0.6 is 0 Å². The summed E-state index contributed by atoms with van der Waals surface area (Å²) in [4.78, 5) is 4.67. The minimum absolute atomic E-state index is 0.469. The molecule has 0 unspecified atom stereocenters. The molecule has 0 atom stereocenters. The summed E-state index contributed by atoms with van der Waals surface area (Å²) < 4.78 is 0. The zero-order valence-electron chi connectivity index (χ0n) is 12.3. The van der Waals surface area contributed by atoms with Crippen molar-refractivity contribution >= 4 is 0 Å². The molecular weight excluding hydrogens is 248 g/mol. The zero-order valence-corrected chi connectivity index (χ0v) is 12.3. The molecule has 1 saturated heterocycles. The molecule has 0 spiro atoms. The molecule has 0 saturated carbocycles. The second-order valence-corrected chi connectivity index (χ2v) is 5.79. The molecule has 3 heteroatoms. The number of fused-ring (bicyclic) bond motifs is 1. The average Bonchev–Trinajstić information content (AvgIpc) is 2.43. The van der Waals surface area contributed by atoms with E-state index in [0.29, 0.717) is 12.2 Å². The first-order valence-electron chi connectivity index (χ1n) is 7.26. The third-order valence-electron chi connectivity index (χ3n) is 4.29. The van der Waals surface area contributed by atoms with Gasteiger partial charge >= 0.3 is 0 Å². The van der Waals surface area contributed by atoms with Gasteiger partial charge < -0.3 is 10.0 Å². The number of hydrogen-bond donors (Lipinski definition) is 1. The molecule has 0 aliphatic carbocycles. The summed E-state index contributed by atoms with van der Waals surface area (Å²) in [5.74, 6) is 0.469. The van der Waals surface area contributed by atoms with E-state index in [1.807, 2.05) is 6.20 Å². The van der Waals surface area contributed by atoms with Gasteiger partial charge in [-0.3, -0.25) is 4.90 Å². The maximum Gasteiger partial charge on any atom is 0.112 e. The molecule has 2 heterocycles. The molecule has 0 bridgehead atoms. The summed E-state index contributed by atoms with van der Waals surface area (Å²) in [5.41, 5.74) is 5.53. The van der Waals surface area contributed by atoms with Gasteiger partial charge in [-0.25, -0.2) is 0 Å². The Bertz CT molecular complexity index is 554. The van der Waals surface area contributed by atoms with Crippen LogP contribution < -0.4 is 0 Å². The first-order chi connectivity index (χ1) is 9.63. The molecule has 1 N–H and O–H groups in total. The number of aryl methyl sites for hydroxylation is 2. The summed E-state index contributed by atoms with van der Waals surface area (Å²) >= 11 is 0. The van der Waals surface area contributed by atoms with Crippen LogP contribution in [0.15, 0.2) is 41.9 Å². The van der Waals surface area contributed by atoms with E-state index in [9.17, 15) is 5.11 Å². The Hall–Kier alpha value is -1.74. The Morgan fingerprint density at radius 2 is 1.90 bits per heavy atom. The highest BCUT2D eigenvalue weighted by molar-refractivity contribution is 5.33. The van der Waals surface area contributed by atoms with Crippen molar-refractivity contribution in [2.45, 2.75) is 26.8 Å². The molecule has 106 valence electrons. The molecule has 1 aromatic carbocycles. The van der Waals surface area contributed by atoms with Gasteiger partial charge in [0.05, 0.1) is 0 Å². The maximum atomic E-state index is 9.58. The van der Waals surface area contributed by atoms with Gasteiger partial charge in [0.25, 0.3) is 0 Å². The van der Waals surface area contributed by atoms with E-state index in [2.05, 4.69) is 47.9 Å². The molecule has 2 aliphatic heterocycles. The molecule has 0 amide bonds. The Labute approximate surface area is 120 Å². The fourth-order valence-corrected chi connectivity index (χ4v) is 3.03. The number of nitrogens with zero attached hydrogens (tertiary/aromatic N) is 2. The lowest BCUT2D eigenvalue weighted by atomic mass is 10.0. The van der Waals surface area contributed by atoms with Gasteiger partial charge in [0.15, 0.2) is 0 Å². The topological polar surface area (TPSA) is 26.7 Å². The standard InChI is InChI=1S/C17H22N2O/c1-13-4-3-5-14(2)17(13)12-18-8-9-19-11-16(20)7-6-15(19)10-18/h3-6,11,20H,7-10,12H2,1-2H3. The van der Waals surface area contributed by atoms with Crippen molar-refractivity contribution in [1.82, 2.24) is 9.80 Å². The van der Waals surface area contributed by atoms with E-state index >= 15 is 0 Å². The number of piperazine rings is 1. The Balaban J connectivity index is 1.72. The monoisotopic (exact) mass is 270 g/mol. The molecule has 2 aliphatic rings. The predicted octanol–water partition coefficient (Wildman–Crippen LogP) is 3.11. The van der Waals surface area contributed by atoms with Gasteiger partial charge in [0.1, 0.15) is 5.76 Å². The van der Waals surface area contributed by atoms with Gasteiger partial charge in [-0.05, 0) is 30.5 Å². The smallest absolute Gasteiger partial charge is 0.112 e. The molecular formula is C17H22N2O. The number of aliphatic hydroxyl groups excluding tert-OH is 1. The first kappa shape index (κ1) is 13.3. The minimum Gasteiger partial charge on any atom is -0.510 e.